The highest BCUT2D eigenvalue weighted by atomic mass is 32.2. The normalized spacial score (nSPS) is 18.3. The molecule has 2 unspecified atom stereocenters. The van der Waals surface area contributed by atoms with Crippen molar-refractivity contribution in [1.82, 2.24) is 10.0 Å². The topological polar surface area (TPSA) is 87.3 Å². The Hall–Kier alpha value is -1.44. The maximum Gasteiger partial charge on any atom is 0.240 e. The average Bonchev–Trinajstić information content (AvgIpc) is 2.62. The van der Waals surface area contributed by atoms with Crippen LogP contribution in [0.3, 0.4) is 0 Å². The zero-order valence-corrected chi connectivity index (χ0v) is 16.7. The molecule has 0 aliphatic carbocycles. The number of piperidine rings is 1. The molecule has 6 nitrogen and oxygen atoms in total. The molecule has 3 N–H and O–H groups in total. The van der Waals surface area contributed by atoms with Crippen molar-refractivity contribution in [3.05, 3.63) is 24.3 Å². The second-order valence-corrected chi connectivity index (χ2v) is 8.99. The van der Waals surface area contributed by atoms with Gasteiger partial charge in [0, 0.05) is 18.2 Å². The standard InChI is InChI=1S/C19H31N3O3S/c1-4-15(3)22-26(24,25)18-7-5-6-17(13-18)21-19(23)12-14(2)16-8-10-20-11-9-16/h5-7,13-16,20,22H,4,8-12H2,1-3H3,(H,21,23). The molecule has 1 heterocycles. The van der Waals surface area contributed by atoms with E-state index in [1.54, 1.807) is 12.1 Å². The Morgan fingerprint density at radius 2 is 1.96 bits per heavy atom. The van der Waals surface area contributed by atoms with Crippen molar-refractivity contribution in [3.8, 4) is 0 Å². The van der Waals surface area contributed by atoms with Gasteiger partial charge < -0.3 is 10.6 Å². The van der Waals surface area contributed by atoms with E-state index in [-0.39, 0.29) is 16.8 Å². The highest BCUT2D eigenvalue weighted by molar-refractivity contribution is 7.89. The fraction of sp³-hybridized carbons (Fsp3) is 0.632. The Labute approximate surface area is 157 Å². The molecule has 2 atom stereocenters. The van der Waals surface area contributed by atoms with Crippen LogP contribution < -0.4 is 15.4 Å². The van der Waals surface area contributed by atoms with Gasteiger partial charge in [0.15, 0.2) is 0 Å². The van der Waals surface area contributed by atoms with Gasteiger partial charge in [-0.15, -0.1) is 0 Å². The summed E-state index contributed by atoms with van der Waals surface area (Å²) in [7, 11) is -3.58. The molecule has 1 aromatic carbocycles. The van der Waals surface area contributed by atoms with Crippen molar-refractivity contribution in [1.29, 1.82) is 0 Å². The van der Waals surface area contributed by atoms with E-state index in [2.05, 4.69) is 22.3 Å². The number of carbonyl (C=O) groups excluding carboxylic acids is 1. The summed E-state index contributed by atoms with van der Waals surface area (Å²) in [4.78, 5) is 12.5. The molecule has 0 radical (unpaired) electrons. The van der Waals surface area contributed by atoms with Gasteiger partial charge in [0.2, 0.25) is 15.9 Å². The number of sulfonamides is 1. The van der Waals surface area contributed by atoms with Crippen LogP contribution in [0.4, 0.5) is 5.69 Å². The molecule has 0 spiro atoms. The third-order valence-corrected chi connectivity index (χ3v) is 6.68. The Bertz CT molecular complexity index is 700. The van der Waals surface area contributed by atoms with Gasteiger partial charge in [0.25, 0.3) is 0 Å². The van der Waals surface area contributed by atoms with Crippen LogP contribution in [0.25, 0.3) is 0 Å². The Morgan fingerprint density at radius 3 is 2.62 bits per heavy atom. The molecule has 0 saturated carbocycles. The van der Waals surface area contributed by atoms with Crippen molar-refractivity contribution in [2.24, 2.45) is 11.8 Å². The van der Waals surface area contributed by atoms with Gasteiger partial charge in [-0.05, 0) is 69.3 Å². The summed E-state index contributed by atoms with van der Waals surface area (Å²) in [5, 5.41) is 6.18. The fourth-order valence-electron chi connectivity index (χ4n) is 3.24. The first-order valence-electron chi connectivity index (χ1n) is 9.44. The number of nitrogens with one attached hydrogen (secondary N) is 3. The predicted molar refractivity (Wildman–Crippen MR) is 105 cm³/mol. The predicted octanol–water partition coefficient (Wildman–Crippen LogP) is 2.73. The molecule has 2 rings (SSSR count). The number of hydrogen-bond donors (Lipinski definition) is 3. The monoisotopic (exact) mass is 381 g/mol. The zero-order valence-electron chi connectivity index (χ0n) is 15.9. The van der Waals surface area contributed by atoms with Crippen LogP contribution in [-0.2, 0) is 14.8 Å². The quantitative estimate of drug-likeness (QED) is 0.646. The van der Waals surface area contributed by atoms with Crippen molar-refractivity contribution >= 4 is 21.6 Å². The van der Waals surface area contributed by atoms with Crippen LogP contribution in [0, 0.1) is 11.8 Å². The number of anilines is 1. The highest BCUT2D eigenvalue weighted by Gasteiger charge is 2.22. The van der Waals surface area contributed by atoms with E-state index in [0.717, 1.165) is 25.9 Å². The van der Waals surface area contributed by atoms with E-state index < -0.39 is 10.0 Å². The summed E-state index contributed by atoms with van der Waals surface area (Å²) in [6, 6.07) is 6.28. The minimum atomic E-state index is -3.58. The molecule has 7 heteroatoms. The number of hydrogen-bond acceptors (Lipinski definition) is 4. The first kappa shape index (κ1) is 20.9. The molecule has 1 fully saturated rings. The van der Waals surface area contributed by atoms with Crippen LogP contribution in [-0.4, -0.2) is 33.5 Å². The second kappa shape index (κ2) is 9.48. The van der Waals surface area contributed by atoms with E-state index in [1.807, 2.05) is 13.8 Å². The molecular weight excluding hydrogens is 350 g/mol. The lowest BCUT2D eigenvalue weighted by Crippen LogP contribution is -2.32. The van der Waals surface area contributed by atoms with E-state index >= 15 is 0 Å². The highest BCUT2D eigenvalue weighted by Crippen LogP contribution is 2.25. The summed E-state index contributed by atoms with van der Waals surface area (Å²) < 4.78 is 27.4. The van der Waals surface area contributed by atoms with Gasteiger partial charge in [-0.1, -0.05) is 19.9 Å². The fourth-order valence-corrected chi connectivity index (χ4v) is 4.61. The van der Waals surface area contributed by atoms with Gasteiger partial charge in [0.1, 0.15) is 0 Å². The van der Waals surface area contributed by atoms with E-state index in [1.165, 1.54) is 12.1 Å². The van der Waals surface area contributed by atoms with Crippen LogP contribution in [0.1, 0.15) is 46.5 Å². The van der Waals surface area contributed by atoms with Gasteiger partial charge in [-0.2, -0.15) is 0 Å². The number of amides is 1. The van der Waals surface area contributed by atoms with E-state index in [9.17, 15) is 13.2 Å². The first-order chi connectivity index (χ1) is 12.3. The van der Waals surface area contributed by atoms with Gasteiger partial charge >= 0.3 is 0 Å². The molecular formula is C19H31N3O3S. The van der Waals surface area contributed by atoms with Crippen LogP contribution in [0.2, 0.25) is 0 Å². The largest absolute Gasteiger partial charge is 0.326 e. The lowest BCUT2D eigenvalue weighted by molar-refractivity contribution is -0.117. The molecule has 0 aromatic heterocycles. The number of rotatable bonds is 8. The smallest absolute Gasteiger partial charge is 0.240 e. The lowest BCUT2D eigenvalue weighted by Gasteiger charge is -2.27. The minimum Gasteiger partial charge on any atom is -0.326 e. The van der Waals surface area contributed by atoms with E-state index in [4.69, 9.17) is 0 Å². The van der Waals surface area contributed by atoms with Crippen LogP contribution in [0.5, 0.6) is 0 Å². The molecule has 26 heavy (non-hydrogen) atoms. The van der Waals surface area contributed by atoms with E-state index in [0.29, 0.717) is 30.4 Å². The third kappa shape index (κ3) is 6.07. The average molecular weight is 382 g/mol. The second-order valence-electron chi connectivity index (χ2n) is 7.28. The van der Waals surface area contributed by atoms with Crippen molar-refractivity contribution in [2.45, 2.75) is 57.4 Å². The molecule has 0 bridgehead atoms. The summed E-state index contributed by atoms with van der Waals surface area (Å²) in [6.45, 7) is 7.89. The Balaban J connectivity index is 1.98. The summed E-state index contributed by atoms with van der Waals surface area (Å²) >= 11 is 0. The van der Waals surface area contributed by atoms with Gasteiger partial charge in [0.05, 0.1) is 4.90 Å². The molecule has 1 amide bonds. The maximum absolute atomic E-state index is 12.4. The Morgan fingerprint density at radius 1 is 1.27 bits per heavy atom. The van der Waals surface area contributed by atoms with Gasteiger partial charge in [-0.25, -0.2) is 13.1 Å². The third-order valence-electron chi connectivity index (χ3n) is 5.09. The first-order valence-corrected chi connectivity index (χ1v) is 10.9. The summed E-state index contributed by atoms with van der Waals surface area (Å²) in [5.74, 6) is 0.810. The molecule has 1 aliphatic rings. The van der Waals surface area contributed by atoms with Crippen LogP contribution >= 0.6 is 0 Å². The minimum absolute atomic E-state index is 0.0690. The van der Waals surface area contributed by atoms with Crippen molar-refractivity contribution in [2.75, 3.05) is 18.4 Å². The van der Waals surface area contributed by atoms with Gasteiger partial charge in [-0.3, -0.25) is 4.79 Å². The maximum atomic E-state index is 12.4. The zero-order chi connectivity index (χ0) is 19.2. The number of carbonyl (C=O) groups is 1. The Kier molecular flexibility index (Phi) is 7.61. The molecule has 1 aromatic rings. The molecule has 146 valence electrons. The molecule has 1 aliphatic heterocycles. The molecule has 1 saturated heterocycles. The summed E-state index contributed by atoms with van der Waals surface area (Å²) in [6.07, 6.45) is 3.36. The van der Waals surface area contributed by atoms with Crippen LogP contribution in [0.15, 0.2) is 29.2 Å². The SMILES string of the molecule is CCC(C)NS(=O)(=O)c1cccc(NC(=O)CC(C)C2CCNCC2)c1. The lowest BCUT2D eigenvalue weighted by atomic mass is 9.84. The van der Waals surface area contributed by atoms with Crippen molar-refractivity contribution < 1.29 is 13.2 Å². The number of benzene rings is 1. The summed E-state index contributed by atoms with van der Waals surface area (Å²) in [5.41, 5.74) is 0.513. The van der Waals surface area contributed by atoms with Crippen molar-refractivity contribution in [3.63, 3.8) is 0 Å².